The number of benzene rings is 3. The fourth-order valence-electron chi connectivity index (χ4n) is 4.34. The van der Waals surface area contributed by atoms with Gasteiger partial charge < -0.3 is 9.64 Å². The summed E-state index contributed by atoms with van der Waals surface area (Å²) >= 11 is 0. The predicted molar refractivity (Wildman–Crippen MR) is 126 cm³/mol. The summed E-state index contributed by atoms with van der Waals surface area (Å²) < 4.78 is 18.9. The maximum atomic E-state index is 13.5. The third kappa shape index (κ3) is 5.00. The topological polar surface area (TPSA) is 32.8 Å². The van der Waals surface area contributed by atoms with Gasteiger partial charge in [0, 0.05) is 42.5 Å². The van der Waals surface area contributed by atoms with Gasteiger partial charge in [-0.15, -0.1) is 0 Å². The molecular formula is C27H29FN2O2. The molecule has 0 bridgehead atoms. The highest BCUT2D eigenvalue weighted by Gasteiger charge is 2.30. The Kier molecular flexibility index (Phi) is 6.86. The average molecular weight is 433 g/mol. The van der Waals surface area contributed by atoms with E-state index in [1.54, 1.807) is 19.2 Å². The lowest BCUT2D eigenvalue weighted by Gasteiger charge is -2.39. The molecule has 1 saturated heterocycles. The van der Waals surface area contributed by atoms with Gasteiger partial charge in [0.25, 0.3) is 5.91 Å². The third-order valence-corrected chi connectivity index (χ3v) is 6.13. The van der Waals surface area contributed by atoms with E-state index in [4.69, 9.17) is 4.74 Å². The molecule has 1 amide bonds. The van der Waals surface area contributed by atoms with Gasteiger partial charge in [0.05, 0.1) is 7.11 Å². The zero-order valence-electron chi connectivity index (χ0n) is 18.6. The lowest BCUT2D eigenvalue weighted by atomic mass is 9.99. The molecule has 4 nitrogen and oxygen atoms in total. The van der Waals surface area contributed by atoms with Crippen molar-refractivity contribution in [3.63, 3.8) is 0 Å². The number of hydrogen-bond acceptors (Lipinski definition) is 3. The normalized spacial score (nSPS) is 14.8. The molecule has 1 fully saturated rings. The number of aryl methyl sites for hydroxylation is 1. The largest absolute Gasteiger partial charge is 0.496 e. The number of piperidine rings is 1. The molecule has 0 aromatic heterocycles. The van der Waals surface area contributed by atoms with E-state index in [0.717, 1.165) is 49.5 Å². The molecule has 166 valence electrons. The van der Waals surface area contributed by atoms with Gasteiger partial charge in [-0.25, -0.2) is 4.39 Å². The van der Waals surface area contributed by atoms with E-state index < -0.39 is 0 Å². The molecule has 1 heterocycles. The van der Waals surface area contributed by atoms with Crippen LogP contribution in [0.2, 0.25) is 0 Å². The highest BCUT2D eigenvalue weighted by Crippen LogP contribution is 2.28. The Hall–Kier alpha value is -3.18. The van der Waals surface area contributed by atoms with Crippen molar-refractivity contribution in [1.82, 2.24) is 4.90 Å². The van der Waals surface area contributed by atoms with Crippen LogP contribution in [-0.2, 0) is 6.54 Å². The fourth-order valence-corrected chi connectivity index (χ4v) is 4.34. The fraction of sp³-hybridized carbons (Fsp3) is 0.296. The van der Waals surface area contributed by atoms with E-state index in [-0.39, 0.29) is 17.8 Å². The van der Waals surface area contributed by atoms with E-state index in [9.17, 15) is 9.18 Å². The van der Waals surface area contributed by atoms with Gasteiger partial charge >= 0.3 is 0 Å². The summed E-state index contributed by atoms with van der Waals surface area (Å²) in [6.45, 7) is 4.64. The van der Waals surface area contributed by atoms with Gasteiger partial charge in [-0.1, -0.05) is 35.9 Å². The Balaban J connectivity index is 1.51. The number of carbonyl (C=O) groups excluding carboxylic acids is 1. The van der Waals surface area contributed by atoms with Gasteiger partial charge in [-0.05, 0) is 62.2 Å². The predicted octanol–water partition coefficient (Wildman–Crippen LogP) is 5.45. The molecule has 0 radical (unpaired) electrons. The maximum Gasteiger partial charge on any atom is 0.258 e. The van der Waals surface area contributed by atoms with Crippen molar-refractivity contribution in [2.75, 3.05) is 25.1 Å². The Labute approximate surface area is 189 Å². The van der Waals surface area contributed by atoms with Gasteiger partial charge in [-0.2, -0.15) is 0 Å². The van der Waals surface area contributed by atoms with E-state index in [1.165, 1.54) is 17.7 Å². The first-order valence-electron chi connectivity index (χ1n) is 11.0. The summed E-state index contributed by atoms with van der Waals surface area (Å²) in [4.78, 5) is 17.8. The van der Waals surface area contributed by atoms with Crippen LogP contribution in [-0.4, -0.2) is 37.0 Å². The molecule has 1 aliphatic heterocycles. The molecule has 1 aliphatic rings. The average Bonchev–Trinajstić information content (AvgIpc) is 2.82. The van der Waals surface area contributed by atoms with Crippen molar-refractivity contribution in [2.45, 2.75) is 32.4 Å². The lowest BCUT2D eigenvalue weighted by Crippen LogP contribution is -2.47. The third-order valence-electron chi connectivity index (χ3n) is 6.13. The number of halogens is 1. The highest BCUT2D eigenvalue weighted by atomic mass is 19.1. The van der Waals surface area contributed by atoms with Crippen molar-refractivity contribution in [3.05, 3.63) is 95.3 Å². The minimum absolute atomic E-state index is 0.0861. The number of rotatable bonds is 6. The molecular weight excluding hydrogens is 403 g/mol. The van der Waals surface area contributed by atoms with Crippen LogP contribution in [0.15, 0.2) is 72.8 Å². The van der Waals surface area contributed by atoms with Crippen LogP contribution in [0.1, 0.15) is 34.3 Å². The Bertz CT molecular complexity index is 1040. The molecule has 0 aliphatic carbocycles. The minimum atomic E-state index is -0.340. The number of ether oxygens (including phenoxy) is 1. The Morgan fingerprint density at radius 1 is 1.00 bits per heavy atom. The van der Waals surface area contributed by atoms with Crippen LogP contribution in [0.3, 0.4) is 0 Å². The van der Waals surface area contributed by atoms with E-state index in [0.29, 0.717) is 5.56 Å². The van der Waals surface area contributed by atoms with Crippen LogP contribution in [0.4, 0.5) is 10.1 Å². The minimum Gasteiger partial charge on any atom is -0.496 e. The number of likely N-dealkylation sites (tertiary alicyclic amines) is 1. The first kappa shape index (κ1) is 22.0. The second-order valence-corrected chi connectivity index (χ2v) is 8.34. The first-order valence-corrected chi connectivity index (χ1v) is 11.0. The van der Waals surface area contributed by atoms with Crippen molar-refractivity contribution in [1.29, 1.82) is 0 Å². The zero-order chi connectivity index (χ0) is 22.5. The molecule has 4 rings (SSSR count). The summed E-state index contributed by atoms with van der Waals surface area (Å²) in [7, 11) is 1.70. The zero-order valence-corrected chi connectivity index (χ0v) is 18.6. The second-order valence-electron chi connectivity index (χ2n) is 8.34. The lowest BCUT2D eigenvalue weighted by molar-refractivity contribution is 0.0958. The number of anilines is 1. The summed E-state index contributed by atoms with van der Waals surface area (Å²) in [5.41, 5.74) is 3.71. The van der Waals surface area contributed by atoms with Crippen LogP contribution in [0.5, 0.6) is 5.75 Å². The van der Waals surface area contributed by atoms with Crippen molar-refractivity contribution in [2.24, 2.45) is 0 Å². The number of hydrogen-bond donors (Lipinski definition) is 0. The van der Waals surface area contributed by atoms with Gasteiger partial charge in [0.1, 0.15) is 11.6 Å². The smallest absolute Gasteiger partial charge is 0.258 e. The Morgan fingerprint density at radius 2 is 1.66 bits per heavy atom. The quantitative estimate of drug-likeness (QED) is 0.519. The molecule has 0 atom stereocenters. The monoisotopic (exact) mass is 432 g/mol. The SMILES string of the molecule is COc1ccccc1CN1CCC(N(C(=O)c2ccc(F)cc2)c2ccc(C)cc2)CC1. The molecule has 32 heavy (non-hydrogen) atoms. The molecule has 0 unspecified atom stereocenters. The van der Waals surface area contributed by atoms with Gasteiger partial charge in [0.15, 0.2) is 0 Å². The molecule has 3 aromatic carbocycles. The van der Waals surface area contributed by atoms with Crippen molar-refractivity contribution in [3.8, 4) is 5.75 Å². The summed E-state index contributed by atoms with van der Waals surface area (Å²) in [6, 6.07) is 22.1. The van der Waals surface area contributed by atoms with Crippen LogP contribution >= 0.6 is 0 Å². The maximum absolute atomic E-state index is 13.5. The van der Waals surface area contributed by atoms with E-state index in [1.807, 2.05) is 54.3 Å². The van der Waals surface area contributed by atoms with Crippen molar-refractivity contribution >= 4 is 11.6 Å². The van der Waals surface area contributed by atoms with Crippen LogP contribution in [0.25, 0.3) is 0 Å². The molecule has 3 aromatic rings. The Morgan fingerprint density at radius 3 is 2.31 bits per heavy atom. The van der Waals surface area contributed by atoms with Gasteiger partial charge in [0.2, 0.25) is 0 Å². The number of amides is 1. The molecule has 0 spiro atoms. The second kappa shape index (κ2) is 9.96. The van der Waals surface area contributed by atoms with E-state index in [2.05, 4.69) is 11.0 Å². The van der Waals surface area contributed by atoms with Crippen LogP contribution < -0.4 is 9.64 Å². The summed E-state index contributed by atoms with van der Waals surface area (Å²) in [6.07, 6.45) is 1.74. The summed E-state index contributed by atoms with van der Waals surface area (Å²) in [5, 5.41) is 0. The molecule has 0 N–H and O–H groups in total. The number of nitrogens with zero attached hydrogens (tertiary/aromatic N) is 2. The number of carbonyl (C=O) groups is 1. The van der Waals surface area contributed by atoms with Gasteiger partial charge in [-0.3, -0.25) is 9.69 Å². The van der Waals surface area contributed by atoms with Crippen LogP contribution in [0, 0.1) is 12.7 Å². The van der Waals surface area contributed by atoms with E-state index >= 15 is 0 Å². The number of methoxy groups -OCH3 is 1. The standard InChI is InChI=1S/C27H29FN2O2/c1-20-7-13-24(14-8-20)30(27(31)21-9-11-23(28)12-10-21)25-15-17-29(18-16-25)19-22-5-3-4-6-26(22)32-2/h3-14,25H,15-19H2,1-2H3. The highest BCUT2D eigenvalue weighted by molar-refractivity contribution is 6.06. The number of para-hydroxylation sites is 1. The van der Waals surface area contributed by atoms with Crippen molar-refractivity contribution < 1.29 is 13.9 Å². The summed E-state index contributed by atoms with van der Waals surface area (Å²) in [5.74, 6) is 0.479. The first-order chi connectivity index (χ1) is 15.5. The molecule has 0 saturated carbocycles. The molecule has 5 heteroatoms.